The summed E-state index contributed by atoms with van der Waals surface area (Å²) >= 11 is 5.69. The maximum Gasteiger partial charge on any atom is 0.241 e. The Morgan fingerprint density at radius 3 is 2.75 bits per heavy atom. The molecule has 1 spiro atoms. The fourth-order valence-electron chi connectivity index (χ4n) is 3.35. The predicted molar refractivity (Wildman–Crippen MR) is 78.9 cm³/mol. The van der Waals surface area contributed by atoms with Crippen LogP contribution in [0.3, 0.4) is 0 Å². The topological polar surface area (TPSA) is 54.5 Å². The smallest absolute Gasteiger partial charge is 0.241 e. The summed E-state index contributed by atoms with van der Waals surface area (Å²) in [7, 11) is -2.98. The van der Waals surface area contributed by atoms with Gasteiger partial charge in [0.2, 0.25) is 5.91 Å². The summed E-state index contributed by atoms with van der Waals surface area (Å²) in [5, 5.41) is 0. The monoisotopic (exact) mass is 313 g/mol. The molecule has 0 saturated carbocycles. The third kappa shape index (κ3) is 2.33. The van der Waals surface area contributed by atoms with Crippen molar-refractivity contribution in [2.45, 2.75) is 12.8 Å². The van der Waals surface area contributed by atoms with Crippen LogP contribution in [0.4, 0.5) is 5.69 Å². The van der Waals surface area contributed by atoms with Crippen LogP contribution < -0.4 is 4.90 Å². The minimum Gasteiger partial charge on any atom is -0.311 e. The van der Waals surface area contributed by atoms with Crippen LogP contribution >= 0.6 is 11.6 Å². The zero-order chi connectivity index (χ0) is 14.4. The van der Waals surface area contributed by atoms with Crippen molar-refractivity contribution in [1.29, 1.82) is 0 Å². The first-order valence-electron chi connectivity index (χ1n) is 6.59. The molecule has 1 aromatic rings. The molecule has 1 aromatic carbocycles. The van der Waals surface area contributed by atoms with E-state index in [0.29, 0.717) is 19.4 Å². The second-order valence-corrected chi connectivity index (χ2v) is 8.21. The molecule has 6 heteroatoms. The number of hydrogen-bond donors (Lipinski definition) is 0. The molecule has 2 aliphatic heterocycles. The van der Waals surface area contributed by atoms with Gasteiger partial charge < -0.3 is 4.90 Å². The molecule has 0 N–H and O–H groups in total. The number of carbonyl (C=O) groups excluding carboxylic acids is 1. The highest BCUT2D eigenvalue weighted by Crippen LogP contribution is 2.43. The first kappa shape index (κ1) is 13.9. The molecule has 4 nitrogen and oxygen atoms in total. The van der Waals surface area contributed by atoms with Gasteiger partial charge in [-0.3, -0.25) is 4.79 Å². The summed E-state index contributed by atoms with van der Waals surface area (Å²) < 4.78 is 23.7. The number of anilines is 1. The molecule has 108 valence electrons. The van der Waals surface area contributed by atoms with Crippen molar-refractivity contribution in [3.05, 3.63) is 29.8 Å². The average Bonchev–Trinajstić information content (AvgIpc) is 2.72. The number of hydrogen-bond acceptors (Lipinski definition) is 3. The van der Waals surface area contributed by atoms with Crippen LogP contribution in [0, 0.1) is 5.41 Å². The van der Waals surface area contributed by atoms with Gasteiger partial charge in [-0.1, -0.05) is 18.2 Å². The Balaban J connectivity index is 2.03. The van der Waals surface area contributed by atoms with Crippen molar-refractivity contribution in [3.8, 4) is 0 Å². The van der Waals surface area contributed by atoms with Crippen LogP contribution in [-0.4, -0.2) is 38.3 Å². The Morgan fingerprint density at radius 2 is 2.10 bits per heavy atom. The molecule has 3 rings (SSSR count). The first-order valence-corrected chi connectivity index (χ1v) is 8.95. The van der Waals surface area contributed by atoms with Crippen LogP contribution in [0.15, 0.2) is 24.3 Å². The van der Waals surface area contributed by atoms with Crippen molar-refractivity contribution in [2.24, 2.45) is 5.41 Å². The molecule has 0 aliphatic carbocycles. The van der Waals surface area contributed by atoms with Gasteiger partial charge in [0.05, 0.1) is 11.5 Å². The van der Waals surface area contributed by atoms with E-state index in [2.05, 4.69) is 0 Å². The van der Waals surface area contributed by atoms with E-state index < -0.39 is 9.84 Å². The van der Waals surface area contributed by atoms with Gasteiger partial charge in [0.1, 0.15) is 5.88 Å². The molecule has 0 aromatic heterocycles. The Morgan fingerprint density at radius 1 is 1.35 bits per heavy atom. The van der Waals surface area contributed by atoms with Gasteiger partial charge in [0.25, 0.3) is 0 Å². The first-order chi connectivity index (χ1) is 9.45. The molecule has 0 radical (unpaired) electrons. The second kappa shape index (κ2) is 4.74. The minimum absolute atomic E-state index is 0.0861. The maximum atomic E-state index is 12.1. The highest BCUT2D eigenvalue weighted by Gasteiger charge is 2.47. The Kier molecular flexibility index (Phi) is 3.29. The van der Waals surface area contributed by atoms with Crippen molar-refractivity contribution in [3.63, 3.8) is 0 Å². The summed E-state index contributed by atoms with van der Waals surface area (Å²) in [5.41, 5.74) is 1.57. The summed E-state index contributed by atoms with van der Waals surface area (Å²) in [6.07, 6.45) is 1.34. The number of alkyl halides is 1. The Hall–Kier alpha value is -1.07. The summed E-state index contributed by atoms with van der Waals surface area (Å²) in [5.74, 6) is 0.137. The molecule has 1 atom stereocenters. The largest absolute Gasteiger partial charge is 0.311 e. The SMILES string of the molecule is O=C(CCl)N1CC2(CCS(=O)(=O)C2)Cc2ccccc21. The number of sulfone groups is 1. The molecular formula is C14H16ClNO3S. The molecule has 1 unspecified atom stereocenters. The molecule has 1 amide bonds. The molecule has 2 heterocycles. The van der Waals surface area contributed by atoms with Crippen LogP contribution in [-0.2, 0) is 21.1 Å². The fraction of sp³-hybridized carbons (Fsp3) is 0.500. The number of amides is 1. The van der Waals surface area contributed by atoms with E-state index in [1.165, 1.54) is 0 Å². The molecule has 20 heavy (non-hydrogen) atoms. The van der Waals surface area contributed by atoms with Crippen molar-refractivity contribution in [2.75, 3.05) is 28.8 Å². The average molecular weight is 314 g/mol. The van der Waals surface area contributed by atoms with Crippen molar-refractivity contribution in [1.82, 2.24) is 0 Å². The van der Waals surface area contributed by atoms with E-state index in [4.69, 9.17) is 11.6 Å². The Labute approximate surface area is 123 Å². The summed E-state index contributed by atoms with van der Waals surface area (Å²) in [6, 6.07) is 7.67. The lowest BCUT2D eigenvalue weighted by Crippen LogP contribution is -2.47. The van der Waals surface area contributed by atoms with E-state index in [1.807, 2.05) is 24.3 Å². The van der Waals surface area contributed by atoms with Crippen LogP contribution in [0.25, 0.3) is 0 Å². The van der Waals surface area contributed by atoms with E-state index in [1.54, 1.807) is 4.90 Å². The summed E-state index contributed by atoms with van der Waals surface area (Å²) in [4.78, 5) is 13.7. The third-order valence-electron chi connectivity index (χ3n) is 4.23. The molecular weight excluding hydrogens is 298 g/mol. The van der Waals surface area contributed by atoms with Gasteiger partial charge in [-0.15, -0.1) is 11.6 Å². The number of nitrogens with zero attached hydrogens (tertiary/aromatic N) is 1. The highest BCUT2D eigenvalue weighted by atomic mass is 35.5. The van der Waals surface area contributed by atoms with Crippen molar-refractivity contribution < 1.29 is 13.2 Å². The van der Waals surface area contributed by atoms with Gasteiger partial charge in [-0.2, -0.15) is 0 Å². The zero-order valence-electron chi connectivity index (χ0n) is 11.0. The minimum atomic E-state index is -2.98. The highest BCUT2D eigenvalue weighted by molar-refractivity contribution is 7.91. The van der Waals surface area contributed by atoms with E-state index in [9.17, 15) is 13.2 Å². The van der Waals surface area contributed by atoms with E-state index >= 15 is 0 Å². The number of fused-ring (bicyclic) bond motifs is 1. The Bertz CT molecular complexity index is 658. The van der Waals surface area contributed by atoms with E-state index in [-0.39, 0.29) is 28.7 Å². The predicted octanol–water partition coefficient (Wildman–Crippen LogP) is 1.62. The van der Waals surface area contributed by atoms with E-state index in [0.717, 1.165) is 11.3 Å². The lowest BCUT2D eigenvalue weighted by Gasteiger charge is -2.40. The van der Waals surface area contributed by atoms with Crippen LogP contribution in [0.2, 0.25) is 0 Å². The number of carbonyl (C=O) groups is 1. The maximum absolute atomic E-state index is 12.1. The number of para-hydroxylation sites is 1. The third-order valence-corrected chi connectivity index (χ3v) is 6.33. The molecule has 0 bridgehead atoms. The standard InChI is InChI=1S/C14H16ClNO3S/c15-8-13(17)16-9-14(5-6-20(18,19)10-14)7-11-3-1-2-4-12(11)16/h1-4H,5-10H2. The van der Waals surface area contributed by atoms with Gasteiger partial charge in [0, 0.05) is 17.6 Å². The van der Waals surface area contributed by atoms with Gasteiger partial charge in [-0.25, -0.2) is 8.42 Å². The van der Waals surface area contributed by atoms with Crippen molar-refractivity contribution >= 4 is 33.0 Å². The van der Waals surface area contributed by atoms with Gasteiger partial charge in [-0.05, 0) is 24.5 Å². The quantitative estimate of drug-likeness (QED) is 0.740. The number of rotatable bonds is 1. The molecule has 1 fully saturated rings. The summed E-state index contributed by atoms with van der Waals surface area (Å²) in [6.45, 7) is 0.453. The number of halogens is 1. The van der Waals surface area contributed by atoms with Gasteiger partial charge >= 0.3 is 0 Å². The lowest BCUT2D eigenvalue weighted by atomic mass is 9.77. The fourth-order valence-corrected chi connectivity index (χ4v) is 5.65. The molecule has 1 saturated heterocycles. The second-order valence-electron chi connectivity index (χ2n) is 5.76. The lowest BCUT2D eigenvalue weighted by molar-refractivity contribution is -0.116. The van der Waals surface area contributed by atoms with Crippen LogP contribution in [0.5, 0.6) is 0 Å². The number of benzene rings is 1. The molecule has 2 aliphatic rings. The zero-order valence-corrected chi connectivity index (χ0v) is 12.6. The van der Waals surface area contributed by atoms with Gasteiger partial charge in [0.15, 0.2) is 9.84 Å². The normalized spacial score (nSPS) is 27.6. The van der Waals surface area contributed by atoms with Crippen LogP contribution in [0.1, 0.15) is 12.0 Å².